The van der Waals surface area contributed by atoms with E-state index in [1.54, 1.807) is 44.7 Å². The van der Waals surface area contributed by atoms with Crippen LogP contribution in [-0.4, -0.2) is 20.0 Å². The molecule has 0 unspecified atom stereocenters. The zero-order valence-corrected chi connectivity index (χ0v) is 12.9. The number of hydrogen-bond acceptors (Lipinski definition) is 4. The predicted molar refractivity (Wildman–Crippen MR) is 87.8 cm³/mol. The van der Waals surface area contributed by atoms with Crippen molar-refractivity contribution in [2.45, 2.75) is 6.92 Å². The molecule has 2 aromatic rings. The summed E-state index contributed by atoms with van der Waals surface area (Å²) in [4.78, 5) is 12.1. The van der Waals surface area contributed by atoms with E-state index in [9.17, 15) is 4.79 Å². The fourth-order valence-electron chi connectivity index (χ4n) is 1.99. The van der Waals surface area contributed by atoms with Crippen LogP contribution in [0.2, 0.25) is 0 Å². The Morgan fingerprint density at radius 3 is 2.41 bits per heavy atom. The lowest BCUT2D eigenvalue weighted by atomic mass is 10.1. The van der Waals surface area contributed by atoms with Crippen LogP contribution in [0.1, 0.15) is 15.9 Å². The highest BCUT2D eigenvalue weighted by Gasteiger charge is 2.03. The molecular weight excluding hydrogens is 278 g/mol. The fraction of sp³-hybridized carbons (Fsp3) is 0.167. The smallest absolute Gasteiger partial charge is 0.187 e. The first-order chi connectivity index (χ1) is 10.6. The quantitative estimate of drug-likeness (QED) is 0.650. The number of hydrogen-bond donors (Lipinski definition) is 1. The highest BCUT2D eigenvalue weighted by atomic mass is 16.5. The van der Waals surface area contributed by atoms with Crippen LogP contribution in [0, 0.1) is 6.92 Å². The molecule has 22 heavy (non-hydrogen) atoms. The molecule has 0 bridgehead atoms. The number of nitrogens with one attached hydrogen (secondary N) is 1. The second-order valence-electron chi connectivity index (χ2n) is 4.77. The topological polar surface area (TPSA) is 47.6 Å². The molecular formula is C18H19NO3. The van der Waals surface area contributed by atoms with Crippen molar-refractivity contribution in [2.24, 2.45) is 0 Å². The van der Waals surface area contributed by atoms with Crippen LogP contribution in [0.25, 0.3) is 0 Å². The molecule has 114 valence electrons. The highest BCUT2D eigenvalue weighted by Crippen LogP contribution is 2.25. The van der Waals surface area contributed by atoms with Crippen molar-refractivity contribution in [1.29, 1.82) is 0 Å². The van der Waals surface area contributed by atoms with Crippen LogP contribution in [0.15, 0.2) is 54.7 Å². The molecule has 0 aromatic heterocycles. The Morgan fingerprint density at radius 2 is 1.77 bits per heavy atom. The first kappa shape index (κ1) is 15.6. The minimum Gasteiger partial charge on any atom is -0.497 e. The number of methoxy groups -OCH3 is 2. The summed E-state index contributed by atoms with van der Waals surface area (Å²) in [5.41, 5.74) is 2.54. The normalized spacial score (nSPS) is 10.5. The summed E-state index contributed by atoms with van der Waals surface area (Å²) in [6, 6.07) is 12.8. The van der Waals surface area contributed by atoms with E-state index in [2.05, 4.69) is 5.32 Å². The van der Waals surface area contributed by atoms with Gasteiger partial charge < -0.3 is 14.8 Å². The maximum Gasteiger partial charge on any atom is 0.187 e. The summed E-state index contributed by atoms with van der Waals surface area (Å²) in [7, 11) is 3.21. The molecule has 0 heterocycles. The maximum atomic E-state index is 12.1. The molecule has 0 aliphatic heterocycles. The number of ketones is 1. The van der Waals surface area contributed by atoms with E-state index < -0.39 is 0 Å². The van der Waals surface area contributed by atoms with Gasteiger partial charge in [0.25, 0.3) is 0 Å². The number of benzene rings is 2. The Morgan fingerprint density at radius 1 is 1.05 bits per heavy atom. The maximum absolute atomic E-state index is 12.1. The van der Waals surface area contributed by atoms with Gasteiger partial charge in [-0.3, -0.25) is 4.79 Å². The molecule has 0 spiro atoms. The number of allylic oxidation sites excluding steroid dienone is 1. The molecule has 0 aliphatic rings. The number of aryl methyl sites for hydroxylation is 1. The van der Waals surface area contributed by atoms with Crippen molar-refractivity contribution < 1.29 is 14.3 Å². The Hall–Kier alpha value is -2.75. The van der Waals surface area contributed by atoms with Crippen LogP contribution in [-0.2, 0) is 0 Å². The van der Waals surface area contributed by atoms with Crippen molar-refractivity contribution >= 4 is 11.5 Å². The van der Waals surface area contributed by atoms with Crippen molar-refractivity contribution in [1.82, 2.24) is 0 Å². The number of carbonyl (C=O) groups is 1. The van der Waals surface area contributed by atoms with Gasteiger partial charge in [-0.1, -0.05) is 6.07 Å². The second-order valence-corrected chi connectivity index (χ2v) is 4.77. The third kappa shape index (κ3) is 3.88. The molecule has 0 radical (unpaired) electrons. The molecule has 1 N–H and O–H groups in total. The van der Waals surface area contributed by atoms with Gasteiger partial charge in [-0.2, -0.15) is 0 Å². The SMILES string of the molecule is COc1ccc(C(=O)/C=C/Nc2cc(C)ccc2OC)cc1. The lowest BCUT2D eigenvalue weighted by Gasteiger charge is -2.08. The number of ether oxygens (including phenoxy) is 2. The van der Waals surface area contributed by atoms with Crippen molar-refractivity contribution in [3.05, 3.63) is 65.9 Å². The van der Waals surface area contributed by atoms with Crippen LogP contribution < -0.4 is 14.8 Å². The van der Waals surface area contributed by atoms with Crippen molar-refractivity contribution in [3.63, 3.8) is 0 Å². The first-order valence-electron chi connectivity index (χ1n) is 6.90. The van der Waals surface area contributed by atoms with E-state index in [4.69, 9.17) is 9.47 Å². The van der Waals surface area contributed by atoms with E-state index in [0.29, 0.717) is 5.56 Å². The van der Waals surface area contributed by atoms with Gasteiger partial charge in [0.05, 0.1) is 19.9 Å². The molecule has 4 heteroatoms. The lowest BCUT2D eigenvalue weighted by Crippen LogP contribution is -1.98. The van der Waals surface area contributed by atoms with Gasteiger partial charge in [0.15, 0.2) is 5.78 Å². The second kappa shape index (κ2) is 7.31. The monoisotopic (exact) mass is 297 g/mol. The van der Waals surface area contributed by atoms with Gasteiger partial charge in [-0.15, -0.1) is 0 Å². The molecule has 4 nitrogen and oxygen atoms in total. The van der Waals surface area contributed by atoms with E-state index in [0.717, 1.165) is 22.7 Å². The van der Waals surface area contributed by atoms with E-state index in [-0.39, 0.29) is 5.78 Å². The Kier molecular flexibility index (Phi) is 5.20. The molecule has 0 fully saturated rings. The number of anilines is 1. The number of rotatable bonds is 6. The standard InChI is InChI=1S/C18H19NO3/c1-13-4-9-18(22-3)16(12-13)19-11-10-17(20)14-5-7-15(21-2)8-6-14/h4-12,19H,1-3H3/b11-10+. The third-order valence-electron chi connectivity index (χ3n) is 3.20. The molecule has 0 saturated heterocycles. The van der Waals surface area contributed by atoms with Crippen molar-refractivity contribution in [2.75, 3.05) is 19.5 Å². The summed E-state index contributed by atoms with van der Waals surface area (Å²) < 4.78 is 10.3. The molecule has 2 aromatic carbocycles. The number of carbonyl (C=O) groups excluding carboxylic acids is 1. The van der Waals surface area contributed by atoms with E-state index >= 15 is 0 Å². The molecule has 0 aliphatic carbocycles. The Bertz CT molecular complexity index is 675. The van der Waals surface area contributed by atoms with Gasteiger partial charge in [0.1, 0.15) is 11.5 Å². The van der Waals surface area contributed by atoms with Crippen LogP contribution in [0.3, 0.4) is 0 Å². The van der Waals surface area contributed by atoms with Gasteiger partial charge in [0.2, 0.25) is 0 Å². The minimum atomic E-state index is -0.0817. The predicted octanol–water partition coefficient (Wildman–Crippen LogP) is 3.82. The van der Waals surface area contributed by atoms with Gasteiger partial charge in [-0.25, -0.2) is 0 Å². The van der Waals surface area contributed by atoms with E-state index in [1.165, 1.54) is 6.08 Å². The average Bonchev–Trinajstić information content (AvgIpc) is 2.55. The Balaban J connectivity index is 2.05. The Labute approximate surface area is 130 Å². The molecule has 0 amide bonds. The summed E-state index contributed by atoms with van der Waals surface area (Å²) in [5.74, 6) is 1.37. The average molecular weight is 297 g/mol. The van der Waals surface area contributed by atoms with Crippen LogP contribution in [0.5, 0.6) is 11.5 Å². The van der Waals surface area contributed by atoms with Crippen LogP contribution in [0.4, 0.5) is 5.69 Å². The largest absolute Gasteiger partial charge is 0.497 e. The van der Waals surface area contributed by atoms with Crippen LogP contribution >= 0.6 is 0 Å². The van der Waals surface area contributed by atoms with E-state index in [1.807, 2.05) is 25.1 Å². The first-order valence-corrected chi connectivity index (χ1v) is 6.90. The van der Waals surface area contributed by atoms with Crippen molar-refractivity contribution in [3.8, 4) is 11.5 Å². The molecule has 2 rings (SSSR count). The molecule has 0 atom stereocenters. The van der Waals surface area contributed by atoms with Gasteiger partial charge in [0, 0.05) is 17.8 Å². The summed E-state index contributed by atoms with van der Waals surface area (Å²) >= 11 is 0. The highest BCUT2D eigenvalue weighted by molar-refractivity contribution is 6.04. The molecule has 0 saturated carbocycles. The van der Waals surface area contributed by atoms with Gasteiger partial charge >= 0.3 is 0 Å². The summed E-state index contributed by atoms with van der Waals surface area (Å²) in [6.45, 7) is 2.00. The zero-order valence-electron chi connectivity index (χ0n) is 12.9. The minimum absolute atomic E-state index is 0.0817. The van der Waals surface area contributed by atoms with Gasteiger partial charge in [-0.05, 0) is 48.9 Å². The lowest BCUT2D eigenvalue weighted by molar-refractivity contribution is 0.104. The summed E-state index contributed by atoms with van der Waals surface area (Å²) in [5, 5.41) is 3.08. The zero-order chi connectivity index (χ0) is 15.9. The fourth-order valence-corrected chi connectivity index (χ4v) is 1.99. The third-order valence-corrected chi connectivity index (χ3v) is 3.20. The summed E-state index contributed by atoms with van der Waals surface area (Å²) in [6.07, 6.45) is 3.10.